The fraction of sp³-hybridized carbons (Fsp3) is 0.294. The maximum Gasteiger partial charge on any atom is 0.277 e. The molecular formula is C17H17N3O3. The SMILES string of the molecule is C=C1C(=O)N=c2ccccc2=C1C(=O)N1CCC(C(N)=O)CC1. The van der Waals surface area contributed by atoms with E-state index in [1.807, 2.05) is 0 Å². The second-order valence-corrected chi connectivity index (χ2v) is 5.76. The van der Waals surface area contributed by atoms with Gasteiger partial charge < -0.3 is 10.6 Å². The zero-order valence-electron chi connectivity index (χ0n) is 12.6. The maximum atomic E-state index is 12.9. The third kappa shape index (κ3) is 2.67. The monoisotopic (exact) mass is 311 g/mol. The number of nitrogens with zero attached hydrogens (tertiary/aromatic N) is 2. The Balaban J connectivity index is 1.96. The van der Waals surface area contributed by atoms with Gasteiger partial charge in [-0.25, -0.2) is 4.99 Å². The molecule has 0 aromatic heterocycles. The van der Waals surface area contributed by atoms with Crippen molar-refractivity contribution in [3.8, 4) is 0 Å². The molecule has 1 aromatic rings. The number of likely N-dealkylation sites (tertiary alicyclic amines) is 1. The molecule has 2 heterocycles. The molecular weight excluding hydrogens is 294 g/mol. The summed E-state index contributed by atoms with van der Waals surface area (Å²) in [7, 11) is 0. The van der Waals surface area contributed by atoms with Gasteiger partial charge in [0.1, 0.15) is 0 Å². The van der Waals surface area contributed by atoms with Gasteiger partial charge >= 0.3 is 0 Å². The van der Waals surface area contributed by atoms with Crippen LogP contribution in [0.1, 0.15) is 12.8 Å². The second-order valence-electron chi connectivity index (χ2n) is 5.76. The van der Waals surface area contributed by atoms with Crippen molar-refractivity contribution < 1.29 is 14.4 Å². The molecule has 3 rings (SSSR count). The number of hydrogen-bond donors (Lipinski definition) is 1. The molecule has 2 aliphatic rings. The van der Waals surface area contributed by atoms with Crippen LogP contribution in [0, 0.1) is 5.92 Å². The van der Waals surface area contributed by atoms with Gasteiger partial charge in [0, 0.05) is 29.8 Å². The largest absolute Gasteiger partial charge is 0.369 e. The summed E-state index contributed by atoms with van der Waals surface area (Å²) in [5.74, 6) is -1.25. The van der Waals surface area contributed by atoms with E-state index in [0.29, 0.717) is 42.1 Å². The fourth-order valence-electron chi connectivity index (χ4n) is 3.00. The smallest absolute Gasteiger partial charge is 0.277 e. The van der Waals surface area contributed by atoms with E-state index in [9.17, 15) is 14.4 Å². The molecule has 118 valence electrons. The van der Waals surface area contributed by atoms with Crippen LogP contribution >= 0.6 is 0 Å². The third-order valence-corrected chi connectivity index (χ3v) is 4.35. The summed E-state index contributed by atoms with van der Waals surface area (Å²) in [5.41, 5.74) is 5.74. The molecule has 0 atom stereocenters. The van der Waals surface area contributed by atoms with Crippen molar-refractivity contribution in [2.75, 3.05) is 13.1 Å². The Morgan fingerprint density at radius 1 is 1.22 bits per heavy atom. The van der Waals surface area contributed by atoms with E-state index in [2.05, 4.69) is 11.6 Å². The molecule has 6 nitrogen and oxygen atoms in total. The minimum Gasteiger partial charge on any atom is -0.369 e. The minimum atomic E-state index is -0.487. The Kier molecular flexibility index (Phi) is 3.82. The molecule has 0 unspecified atom stereocenters. The van der Waals surface area contributed by atoms with Crippen molar-refractivity contribution >= 4 is 23.3 Å². The van der Waals surface area contributed by atoms with Crippen molar-refractivity contribution in [2.24, 2.45) is 16.6 Å². The van der Waals surface area contributed by atoms with E-state index >= 15 is 0 Å². The highest BCUT2D eigenvalue weighted by atomic mass is 16.2. The Bertz CT molecular complexity index is 833. The molecule has 3 amide bonds. The van der Waals surface area contributed by atoms with Crippen molar-refractivity contribution in [1.29, 1.82) is 0 Å². The van der Waals surface area contributed by atoms with Crippen LogP contribution in [-0.2, 0) is 14.4 Å². The third-order valence-electron chi connectivity index (χ3n) is 4.35. The van der Waals surface area contributed by atoms with Gasteiger partial charge in [0.25, 0.3) is 11.8 Å². The number of nitrogens with two attached hydrogens (primary N) is 1. The van der Waals surface area contributed by atoms with Crippen molar-refractivity contribution in [1.82, 2.24) is 4.90 Å². The summed E-state index contributed by atoms with van der Waals surface area (Å²) in [6.07, 6.45) is 1.08. The first-order chi connectivity index (χ1) is 11.0. The zero-order valence-corrected chi connectivity index (χ0v) is 12.6. The molecule has 1 aromatic carbocycles. The number of benzene rings is 1. The summed E-state index contributed by atoms with van der Waals surface area (Å²) in [5, 5.41) is 1.11. The Morgan fingerprint density at radius 3 is 2.52 bits per heavy atom. The second kappa shape index (κ2) is 5.79. The van der Waals surface area contributed by atoms with Gasteiger partial charge in [0.15, 0.2) is 0 Å². The number of rotatable bonds is 2. The first kappa shape index (κ1) is 15.1. The lowest BCUT2D eigenvalue weighted by atomic mass is 9.94. The van der Waals surface area contributed by atoms with Crippen molar-refractivity contribution in [3.05, 3.63) is 47.0 Å². The minimum absolute atomic E-state index is 0.116. The number of hydrogen-bond acceptors (Lipinski definition) is 3. The molecule has 0 bridgehead atoms. The summed E-state index contributed by atoms with van der Waals surface area (Å²) < 4.78 is 0. The molecule has 2 N–H and O–H groups in total. The first-order valence-corrected chi connectivity index (χ1v) is 7.49. The standard InChI is InChI=1S/C17H17N3O3/c1-10-14(12-4-2-3-5-13(12)19-16(10)22)17(23)20-8-6-11(7-9-20)15(18)21/h2-5,11H,1,6-9H2,(H2,18,21). The predicted molar refractivity (Wildman–Crippen MR) is 83.3 cm³/mol. The van der Waals surface area contributed by atoms with Gasteiger partial charge in [0.05, 0.1) is 10.9 Å². The van der Waals surface area contributed by atoms with Crippen LogP contribution in [0.15, 0.2) is 41.4 Å². The number of fused-ring (bicyclic) bond motifs is 1. The lowest BCUT2D eigenvalue weighted by Crippen LogP contribution is -2.45. The molecule has 1 fully saturated rings. The summed E-state index contributed by atoms with van der Waals surface area (Å²) in [6.45, 7) is 4.62. The van der Waals surface area contributed by atoms with Crippen LogP contribution in [-0.4, -0.2) is 35.7 Å². The number of piperidine rings is 1. The van der Waals surface area contributed by atoms with E-state index in [0.717, 1.165) is 0 Å². The lowest BCUT2D eigenvalue weighted by Gasteiger charge is -2.31. The zero-order chi connectivity index (χ0) is 16.6. The maximum absolute atomic E-state index is 12.9. The van der Waals surface area contributed by atoms with Crippen molar-refractivity contribution in [2.45, 2.75) is 12.8 Å². The molecule has 6 heteroatoms. The van der Waals surface area contributed by atoms with E-state index in [4.69, 9.17) is 5.73 Å². The molecule has 23 heavy (non-hydrogen) atoms. The van der Waals surface area contributed by atoms with Gasteiger partial charge in [0.2, 0.25) is 5.91 Å². The first-order valence-electron chi connectivity index (χ1n) is 7.49. The van der Waals surface area contributed by atoms with Gasteiger partial charge in [-0.3, -0.25) is 14.4 Å². The van der Waals surface area contributed by atoms with Crippen LogP contribution in [0.25, 0.3) is 5.57 Å². The lowest BCUT2D eigenvalue weighted by molar-refractivity contribution is -0.130. The van der Waals surface area contributed by atoms with Gasteiger partial charge in [-0.05, 0) is 18.9 Å². The molecule has 0 aliphatic carbocycles. The molecule has 0 radical (unpaired) electrons. The molecule has 0 saturated carbocycles. The molecule has 2 aliphatic heterocycles. The normalized spacial score (nSPS) is 18.4. The summed E-state index contributed by atoms with van der Waals surface area (Å²) in [4.78, 5) is 41.7. The van der Waals surface area contributed by atoms with Crippen LogP contribution in [0.4, 0.5) is 0 Å². The van der Waals surface area contributed by atoms with Crippen LogP contribution < -0.4 is 16.3 Å². The topological polar surface area (TPSA) is 92.8 Å². The van der Waals surface area contributed by atoms with E-state index < -0.39 is 5.91 Å². The van der Waals surface area contributed by atoms with Crippen molar-refractivity contribution in [3.63, 3.8) is 0 Å². The van der Waals surface area contributed by atoms with Crippen LogP contribution in [0.5, 0.6) is 0 Å². The van der Waals surface area contributed by atoms with Crippen LogP contribution in [0.2, 0.25) is 0 Å². The van der Waals surface area contributed by atoms with E-state index in [-0.39, 0.29) is 23.3 Å². The number of primary amides is 1. The number of para-hydroxylation sites is 1. The summed E-state index contributed by atoms with van der Waals surface area (Å²) in [6, 6.07) is 7.03. The van der Waals surface area contributed by atoms with Gasteiger partial charge in [-0.2, -0.15) is 0 Å². The average Bonchev–Trinajstić information content (AvgIpc) is 2.55. The Morgan fingerprint density at radius 2 is 1.87 bits per heavy atom. The average molecular weight is 311 g/mol. The highest BCUT2D eigenvalue weighted by Crippen LogP contribution is 2.21. The Hall–Kier alpha value is -2.76. The van der Waals surface area contributed by atoms with E-state index in [1.54, 1.807) is 29.2 Å². The molecule has 0 spiro atoms. The van der Waals surface area contributed by atoms with Gasteiger partial charge in [-0.1, -0.05) is 24.8 Å². The Labute approximate surface area is 133 Å². The van der Waals surface area contributed by atoms with Crippen LogP contribution in [0.3, 0.4) is 0 Å². The summed E-state index contributed by atoms with van der Waals surface area (Å²) >= 11 is 0. The molecule has 1 saturated heterocycles. The predicted octanol–water partition coefficient (Wildman–Crippen LogP) is -0.723. The number of amides is 3. The quantitative estimate of drug-likeness (QED) is 0.730. The highest BCUT2D eigenvalue weighted by molar-refractivity contribution is 6.28. The number of carbonyl (C=O) groups excluding carboxylic acids is 3. The fourth-order valence-corrected chi connectivity index (χ4v) is 3.00. The highest BCUT2D eigenvalue weighted by Gasteiger charge is 2.31. The number of carbonyl (C=O) groups is 3. The van der Waals surface area contributed by atoms with Gasteiger partial charge in [-0.15, -0.1) is 0 Å². The van der Waals surface area contributed by atoms with E-state index in [1.165, 1.54) is 0 Å².